The third-order valence-electron chi connectivity index (χ3n) is 6.39. The van der Waals surface area contributed by atoms with E-state index in [0.717, 1.165) is 24.3 Å². The van der Waals surface area contributed by atoms with Crippen molar-refractivity contribution in [2.45, 2.75) is 17.0 Å². The van der Waals surface area contributed by atoms with E-state index in [-0.39, 0.29) is 17.0 Å². The van der Waals surface area contributed by atoms with Gasteiger partial charge in [-0.2, -0.15) is 0 Å². The summed E-state index contributed by atoms with van der Waals surface area (Å²) >= 11 is 0. The van der Waals surface area contributed by atoms with Gasteiger partial charge in [0.1, 0.15) is 0 Å². The van der Waals surface area contributed by atoms with Gasteiger partial charge in [0, 0.05) is 24.3 Å². The van der Waals surface area contributed by atoms with Crippen molar-refractivity contribution in [3.8, 4) is 0 Å². The number of aliphatic hydroxyl groups is 1. The van der Waals surface area contributed by atoms with Gasteiger partial charge in [0.25, 0.3) is 5.91 Å². The minimum atomic E-state index is -3.89. The number of carbonyl (C=O) groups is 1. The zero-order valence-electron chi connectivity index (χ0n) is 18.4. The van der Waals surface area contributed by atoms with Gasteiger partial charge in [0.05, 0.1) is 30.3 Å². The summed E-state index contributed by atoms with van der Waals surface area (Å²) in [5, 5.41) is 16.8. The maximum atomic E-state index is 13.6. The molecule has 1 amide bonds. The van der Waals surface area contributed by atoms with Crippen molar-refractivity contribution in [2.24, 2.45) is 5.14 Å². The lowest BCUT2D eigenvalue weighted by Crippen LogP contribution is -2.41. The first kappa shape index (κ1) is 22.5. The average Bonchev–Trinajstić information content (AvgIpc) is 3.07. The number of para-hydroxylation sites is 1. The highest BCUT2D eigenvalue weighted by molar-refractivity contribution is 7.89. The normalized spacial score (nSPS) is 20.5. The second-order valence-corrected chi connectivity index (χ2v) is 10.0. The Hall–Kier alpha value is -3.24. The van der Waals surface area contributed by atoms with Gasteiger partial charge in [0.15, 0.2) is 5.60 Å². The number of hydrogen-bond acceptors (Lipinski definition) is 6. The highest BCUT2D eigenvalue weighted by Crippen LogP contribution is 2.45. The molecule has 0 bridgehead atoms. The fourth-order valence-electron chi connectivity index (χ4n) is 4.57. The Morgan fingerprint density at radius 3 is 2.24 bits per heavy atom. The first-order valence-corrected chi connectivity index (χ1v) is 12.5. The van der Waals surface area contributed by atoms with E-state index in [1.165, 1.54) is 24.3 Å². The van der Waals surface area contributed by atoms with E-state index >= 15 is 0 Å². The van der Waals surface area contributed by atoms with E-state index in [1.54, 1.807) is 23.1 Å². The molecule has 3 aromatic rings. The summed E-state index contributed by atoms with van der Waals surface area (Å²) in [6.07, 6.45) is 0. The number of benzene rings is 3. The average molecular weight is 480 g/mol. The fraction of sp³-hybridized carbons (Fsp3) is 0.240. The minimum absolute atomic E-state index is 0.0872. The molecule has 1 saturated heterocycles. The number of ether oxygens (including phenoxy) is 1. The van der Waals surface area contributed by atoms with Gasteiger partial charge in [-0.15, -0.1) is 0 Å². The van der Waals surface area contributed by atoms with Crippen LogP contribution in [0.15, 0.2) is 77.7 Å². The Kier molecular flexibility index (Phi) is 5.65. The lowest BCUT2D eigenvalue weighted by molar-refractivity contribution is -0.132. The van der Waals surface area contributed by atoms with Gasteiger partial charge in [-0.1, -0.05) is 42.5 Å². The van der Waals surface area contributed by atoms with Gasteiger partial charge >= 0.3 is 0 Å². The molecule has 0 aliphatic carbocycles. The van der Waals surface area contributed by atoms with E-state index in [9.17, 15) is 18.3 Å². The summed E-state index contributed by atoms with van der Waals surface area (Å²) in [4.78, 5) is 17.3. The molecular formula is C25H25N3O5S. The number of fused-ring (bicyclic) bond motifs is 1. The van der Waals surface area contributed by atoms with Crippen molar-refractivity contribution in [2.75, 3.05) is 36.1 Å². The maximum Gasteiger partial charge on any atom is 0.268 e. The SMILES string of the molecule is NS(=O)(=O)c1ccc(C2(O)C(=O)N(Cc3ccc(N4CCOCC4)cc3)c3ccccc32)cc1. The van der Waals surface area contributed by atoms with Crippen molar-refractivity contribution in [3.63, 3.8) is 0 Å². The van der Waals surface area contributed by atoms with Crippen LogP contribution in [-0.2, 0) is 31.7 Å². The van der Waals surface area contributed by atoms with Crippen LogP contribution in [0.25, 0.3) is 0 Å². The fourth-order valence-corrected chi connectivity index (χ4v) is 5.09. The molecule has 34 heavy (non-hydrogen) atoms. The Labute approximate surface area is 198 Å². The van der Waals surface area contributed by atoms with Crippen molar-refractivity contribution in [1.29, 1.82) is 0 Å². The van der Waals surface area contributed by atoms with Gasteiger partial charge in [-0.05, 0) is 41.5 Å². The highest BCUT2D eigenvalue weighted by Gasteiger charge is 2.50. The smallest absolute Gasteiger partial charge is 0.268 e. The first-order valence-electron chi connectivity index (χ1n) is 11.0. The van der Waals surface area contributed by atoms with Crippen LogP contribution in [0.3, 0.4) is 0 Å². The Bertz CT molecular complexity index is 1320. The molecular weight excluding hydrogens is 454 g/mol. The van der Waals surface area contributed by atoms with E-state index in [0.29, 0.717) is 24.5 Å². The van der Waals surface area contributed by atoms with Crippen LogP contribution in [0.5, 0.6) is 0 Å². The third-order valence-corrected chi connectivity index (χ3v) is 7.32. The van der Waals surface area contributed by atoms with Gasteiger partial charge in [-0.3, -0.25) is 4.79 Å². The minimum Gasteiger partial charge on any atom is -0.378 e. The monoisotopic (exact) mass is 479 g/mol. The summed E-state index contributed by atoms with van der Waals surface area (Å²) in [6, 6.07) is 20.6. The number of sulfonamides is 1. The molecule has 2 heterocycles. The standard InChI is InChI=1S/C25H25N3O5S/c26-34(31,32)21-11-7-19(8-12-21)25(30)22-3-1-2-4-23(22)28(24(25)29)17-18-5-9-20(10-6-18)27-13-15-33-16-14-27/h1-12,30H,13-17H2,(H2,26,31,32). The molecule has 0 radical (unpaired) electrons. The van der Waals surface area contributed by atoms with Crippen molar-refractivity contribution >= 4 is 27.3 Å². The highest BCUT2D eigenvalue weighted by atomic mass is 32.2. The summed E-state index contributed by atoms with van der Waals surface area (Å²) in [5.74, 6) is -0.491. The van der Waals surface area contributed by atoms with Crippen molar-refractivity contribution in [1.82, 2.24) is 0 Å². The molecule has 1 atom stereocenters. The first-order chi connectivity index (χ1) is 16.3. The molecule has 0 saturated carbocycles. The molecule has 3 N–H and O–H groups in total. The lowest BCUT2D eigenvalue weighted by Gasteiger charge is -2.29. The Morgan fingerprint density at radius 2 is 1.59 bits per heavy atom. The number of hydrogen-bond donors (Lipinski definition) is 2. The van der Waals surface area contributed by atoms with Crippen molar-refractivity contribution < 1.29 is 23.1 Å². The summed E-state index contributed by atoms with van der Waals surface area (Å²) < 4.78 is 28.7. The Morgan fingerprint density at radius 1 is 0.941 bits per heavy atom. The molecule has 176 valence electrons. The topological polar surface area (TPSA) is 113 Å². The number of morpholine rings is 1. The maximum absolute atomic E-state index is 13.6. The molecule has 2 aliphatic heterocycles. The number of anilines is 2. The zero-order valence-corrected chi connectivity index (χ0v) is 19.2. The molecule has 8 nitrogen and oxygen atoms in total. The zero-order chi connectivity index (χ0) is 23.9. The molecule has 1 fully saturated rings. The molecule has 3 aromatic carbocycles. The van der Waals surface area contributed by atoms with Gasteiger partial charge in [-0.25, -0.2) is 13.6 Å². The van der Waals surface area contributed by atoms with E-state index in [2.05, 4.69) is 4.90 Å². The van der Waals surface area contributed by atoms with Crippen LogP contribution in [0, 0.1) is 0 Å². The molecule has 9 heteroatoms. The second kappa shape index (κ2) is 8.52. The van der Waals surface area contributed by atoms with E-state index < -0.39 is 21.5 Å². The number of amides is 1. The van der Waals surface area contributed by atoms with E-state index in [4.69, 9.17) is 9.88 Å². The van der Waals surface area contributed by atoms with Gasteiger partial charge in [0.2, 0.25) is 10.0 Å². The van der Waals surface area contributed by atoms with Crippen LogP contribution in [0.1, 0.15) is 16.7 Å². The number of carbonyl (C=O) groups excluding carboxylic acids is 1. The summed E-state index contributed by atoms with van der Waals surface area (Å²) in [7, 11) is -3.89. The summed E-state index contributed by atoms with van der Waals surface area (Å²) in [6.45, 7) is 3.38. The number of nitrogens with zero attached hydrogens (tertiary/aromatic N) is 2. The molecule has 0 aromatic heterocycles. The number of nitrogens with two attached hydrogens (primary N) is 1. The largest absolute Gasteiger partial charge is 0.378 e. The molecule has 5 rings (SSSR count). The second-order valence-electron chi connectivity index (χ2n) is 8.45. The molecule has 2 aliphatic rings. The van der Waals surface area contributed by atoms with Crippen molar-refractivity contribution in [3.05, 3.63) is 89.5 Å². The Balaban J connectivity index is 1.45. The van der Waals surface area contributed by atoms with Crippen LogP contribution in [0.4, 0.5) is 11.4 Å². The number of primary sulfonamides is 1. The quantitative estimate of drug-likeness (QED) is 0.578. The predicted molar refractivity (Wildman–Crippen MR) is 128 cm³/mol. The number of rotatable bonds is 5. The van der Waals surface area contributed by atoms with Crippen LogP contribution in [0.2, 0.25) is 0 Å². The molecule has 1 unspecified atom stereocenters. The van der Waals surface area contributed by atoms with Crippen LogP contribution >= 0.6 is 0 Å². The lowest BCUT2D eigenvalue weighted by atomic mass is 9.87. The third kappa shape index (κ3) is 3.86. The summed E-state index contributed by atoms with van der Waals surface area (Å²) in [5.41, 5.74) is 1.44. The van der Waals surface area contributed by atoms with Gasteiger partial charge < -0.3 is 19.6 Å². The van der Waals surface area contributed by atoms with Crippen LogP contribution < -0.4 is 14.9 Å². The van der Waals surface area contributed by atoms with Crippen LogP contribution in [-0.4, -0.2) is 45.7 Å². The predicted octanol–water partition coefficient (Wildman–Crippen LogP) is 1.95. The van der Waals surface area contributed by atoms with E-state index in [1.807, 2.05) is 30.3 Å². The molecule has 0 spiro atoms.